The smallest absolute Gasteiger partial charge is 0.214 e. The molecule has 1 aliphatic carbocycles. The predicted molar refractivity (Wildman–Crippen MR) is 103 cm³/mol. The van der Waals surface area contributed by atoms with Gasteiger partial charge in [-0.25, -0.2) is 9.50 Å². The summed E-state index contributed by atoms with van der Waals surface area (Å²) in [4.78, 5) is 8.02. The van der Waals surface area contributed by atoms with Crippen LogP contribution in [-0.2, 0) is 12.0 Å². The number of fused-ring (bicyclic) bond motifs is 1. The van der Waals surface area contributed by atoms with Crippen LogP contribution in [0.5, 0.6) is 11.5 Å². The summed E-state index contributed by atoms with van der Waals surface area (Å²) in [7, 11) is 1.57. The zero-order valence-electron chi connectivity index (χ0n) is 15.6. The van der Waals surface area contributed by atoms with Crippen molar-refractivity contribution in [2.24, 2.45) is 0 Å². The van der Waals surface area contributed by atoms with E-state index >= 15 is 0 Å². The Bertz CT molecular complexity index is 905. The van der Waals surface area contributed by atoms with Crippen molar-refractivity contribution in [2.75, 3.05) is 12.0 Å². The summed E-state index contributed by atoms with van der Waals surface area (Å²) in [6.45, 7) is 7.23. The molecule has 1 fully saturated rings. The average molecular weight is 372 g/mol. The summed E-state index contributed by atoms with van der Waals surface area (Å²) in [5, 5.41) is 15.6. The van der Waals surface area contributed by atoms with E-state index in [1.807, 2.05) is 22.8 Å². The van der Waals surface area contributed by atoms with Crippen LogP contribution >= 0.6 is 11.3 Å². The molecule has 26 heavy (non-hydrogen) atoms. The molecule has 2 heterocycles. The fraction of sp³-hybridized carbons (Fsp3) is 0.474. The standard InChI is InChI=1S/C19H24N4O2S/c1-19(2,3)16-11-23-17(20-16)26-18(21-23)22(13-6-7-13)10-12-5-8-14(24)15(9-12)25-4/h5,8-9,11,13,24H,6-7,10H2,1-4H3. The second kappa shape index (κ2) is 6.16. The molecule has 1 aromatic carbocycles. The molecular formula is C19H24N4O2S. The zero-order valence-corrected chi connectivity index (χ0v) is 16.4. The molecule has 0 radical (unpaired) electrons. The summed E-state index contributed by atoms with van der Waals surface area (Å²) in [5.74, 6) is 0.665. The van der Waals surface area contributed by atoms with Gasteiger partial charge in [0.05, 0.1) is 19.0 Å². The fourth-order valence-electron chi connectivity index (χ4n) is 2.92. The summed E-state index contributed by atoms with van der Waals surface area (Å²) >= 11 is 1.63. The lowest BCUT2D eigenvalue weighted by molar-refractivity contribution is 0.373. The summed E-state index contributed by atoms with van der Waals surface area (Å²) < 4.78 is 7.13. The van der Waals surface area contributed by atoms with Gasteiger partial charge in [0.1, 0.15) is 0 Å². The molecule has 2 aromatic heterocycles. The number of phenols is 1. The first-order valence-corrected chi connectivity index (χ1v) is 9.66. The highest BCUT2D eigenvalue weighted by atomic mass is 32.1. The quantitative estimate of drug-likeness (QED) is 0.734. The normalized spacial score (nSPS) is 14.8. The number of methoxy groups -OCH3 is 1. The number of phenolic OH excluding ortho intramolecular Hbond substituents is 1. The van der Waals surface area contributed by atoms with Crippen LogP contribution in [0.15, 0.2) is 24.4 Å². The van der Waals surface area contributed by atoms with E-state index in [2.05, 4.69) is 25.7 Å². The number of hydrogen-bond donors (Lipinski definition) is 1. The van der Waals surface area contributed by atoms with E-state index in [9.17, 15) is 5.11 Å². The van der Waals surface area contributed by atoms with E-state index in [0.717, 1.165) is 27.9 Å². The predicted octanol–water partition coefficient (Wildman–Crippen LogP) is 3.97. The van der Waals surface area contributed by atoms with Crippen LogP contribution in [-0.4, -0.2) is 32.9 Å². The Hall–Kier alpha value is -2.28. The van der Waals surface area contributed by atoms with E-state index in [4.69, 9.17) is 14.8 Å². The number of imidazole rings is 1. The second-order valence-corrected chi connectivity index (χ2v) is 8.79. The summed E-state index contributed by atoms with van der Waals surface area (Å²) in [5.41, 5.74) is 2.17. The summed E-state index contributed by atoms with van der Waals surface area (Å²) in [6, 6.07) is 6.03. The van der Waals surface area contributed by atoms with Crippen molar-refractivity contribution in [1.82, 2.24) is 14.6 Å². The van der Waals surface area contributed by atoms with Crippen molar-refractivity contribution in [1.29, 1.82) is 0 Å². The maximum atomic E-state index is 9.81. The molecule has 7 heteroatoms. The monoisotopic (exact) mass is 372 g/mol. The van der Waals surface area contributed by atoms with E-state index in [-0.39, 0.29) is 11.2 Å². The number of aromatic hydroxyl groups is 1. The molecule has 6 nitrogen and oxygen atoms in total. The van der Waals surface area contributed by atoms with Gasteiger partial charge in [0, 0.05) is 18.0 Å². The number of benzene rings is 1. The molecule has 1 aliphatic rings. The molecule has 0 atom stereocenters. The molecule has 1 saturated carbocycles. The second-order valence-electron chi connectivity index (χ2n) is 7.85. The number of ether oxygens (including phenoxy) is 1. The third-order valence-corrected chi connectivity index (χ3v) is 5.59. The zero-order chi connectivity index (χ0) is 18.5. The Morgan fingerprint density at radius 2 is 2.12 bits per heavy atom. The molecule has 0 amide bonds. The number of aromatic nitrogens is 3. The number of nitrogens with zero attached hydrogens (tertiary/aromatic N) is 4. The SMILES string of the molecule is COc1cc(CN(c2nn3cc(C(C)(C)C)nc3s2)C2CC2)ccc1O. The molecule has 4 rings (SSSR count). The molecule has 138 valence electrons. The molecule has 0 saturated heterocycles. The van der Waals surface area contributed by atoms with E-state index < -0.39 is 0 Å². The lowest BCUT2D eigenvalue weighted by Gasteiger charge is -2.21. The van der Waals surface area contributed by atoms with Gasteiger partial charge in [0.15, 0.2) is 11.5 Å². The van der Waals surface area contributed by atoms with Crippen LogP contribution in [0.3, 0.4) is 0 Å². The van der Waals surface area contributed by atoms with Gasteiger partial charge < -0.3 is 14.7 Å². The van der Waals surface area contributed by atoms with Gasteiger partial charge in [-0.1, -0.05) is 38.2 Å². The maximum absolute atomic E-state index is 9.81. The first-order valence-electron chi connectivity index (χ1n) is 8.84. The molecule has 3 aromatic rings. The van der Waals surface area contributed by atoms with Gasteiger partial charge in [0.2, 0.25) is 10.1 Å². The lowest BCUT2D eigenvalue weighted by atomic mass is 9.93. The number of anilines is 1. The Balaban J connectivity index is 1.62. The number of hydrogen-bond acceptors (Lipinski definition) is 6. The largest absolute Gasteiger partial charge is 0.504 e. The van der Waals surface area contributed by atoms with Crippen molar-refractivity contribution < 1.29 is 9.84 Å². The van der Waals surface area contributed by atoms with Crippen LogP contribution in [0.1, 0.15) is 44.9 Å². The molecule has 0 spiro atoms. The maximum Gasteiger partial charge on any atom is 0.214 e. The van der Waals surface area contributed by atoms with Crippen LogP contribution < -0.4 is 9.64 Å². The van der Waals surface area contributed by atoms with Gasteiger partial charge in [0.25, 0.3) is 0 Å². The number of rotatable bonds is 5. The van der Waals surface area contributed by atoms with E-state index in [1.54, 1.807) is 24.5 Å². The first-order chi connectivity index (χ1) is 12.3. The molecule has 0 unspecified atom stereocenters. The molecule has 0 bridgehead atoms. The van der Waals surface area contributed by atoms with Gasteiger partial charge >= 0.3 is 0 Å². The Morgan fingerprint density at radius 1 is 1.35 bits per heavy atom. The van der Waals surface area contributed by atoms with E-state index in [1.165, 1.54) is 12.8 Å². The lowest BCUT2D eigenvalue weighted by Crippen LogP contribution is -2.25. The van der Waals surface area contributed by atoms with Gasteiger partial charge in [-0.3, -0.25) is 0 Å². The minimum atomic E-state index is 0.0202. The highest BCUT2D eigenvalue weighted by Gasteiger charge is 2.32. The molecule has 1 N–H and O–H groups in total. The van der Waals surface area contributed by atoms with Crippen molar-refractivity contribution in [2.45, 2.75) is 51.6 Å². The molecule has 0 aliphatic heterocycles. The Kier molecular flexibility index (Phi) is 4.06. The van der Waals surface area contributed by atoms with Crippen LogP contribution in [0.4, 0.5) is 5.13 Å². The third-order valence-electron chi connectivity index (χ3n) is 4.63. The van der Waals surface area contributed by atoms with Gasteiger partial charge in [-0.15, -0.1) is 5.10 Å². The Labute approximate surface area is 157 Å². The topological polar surface area (TPSA) is 62.9 Å². The van der Waals surface area contributed by atoms with Gasteiger partial charge in [-0.2, -0.15) is 0 Å². The van der Waals surface area contributed by atoms with Gasteiger partial charge in [-0.05, 0) is 30.5 Å². The first kappa shape index (κ1) is 17.1. The van der Waals surface area contributed by atoms with Crippen molar-refractivity contribution >= 4 is 21.4 Å². The summed E-state index contributed by atoms with van der Waals surface area (Å²) in [6.07, 6.45) is 4.40. The Morgan fingerprint density at radius 3 is 2.73 bits per heavy atom. The minimum absolute atomic E-state index is 0.0202. The van der Waals surface area contributed by atoms with Crippen LogP contribution in [0.25, 0.3) is 4.96 Å². The van der Waals surface area contributed by atoms with E-state index in [0.29, 0.717) is 11.8 Å². The fourth-order valence-corrected chi connectivity index (χ4v) is 3.88. The average Bonchev–Trinajstić information content (AvgIpc) is 3.21. The third kappa shape index (κ3) is 3.23. The highest BCUT2D eigenvalue weighted by molar-refractivity contribution is 7.20. The highest BCUT2D eigenvalue weighted by Crippen LogP contribution is 2.37. The van der Waals surface area contributed by atoms with Crippen molar-refractivity contribution in [3.05, 3.63) is 35.7 Å². The van der Waals surface area contributed by atoms with Crippen LogP contribution in [0, 0.1) is 0 Å². The molecular weight excluding hydrogens is 348 g/mol. The van der Waals surface area contributed by atoms with Crippen molar-refractivity contribution in [3.8, 4) is 11.5 Å². The van der Waals surface area contributed by atoms with Crippen molar-refractivity contribution in [3.63, 3.8) is 0 Å². The minimum Gasteiger partial charge on any atom is -0.504 e. The van der Waals surface area contributed by atoms with Crippen LogP contribution in [0.2, 0.25) is 0 Å².